The zero-order valence-electron chi connectivity index (χ0n) is 21.5. The topological polar surface area (TPSA) is 74.3 Å². The summed E-state index contributed by atoms with van der Waals surface area (Å²) in [6.45, 7) is 2.14. The van der Waals surface area contributed by atoms with Gasteiger partial charge in [0, 0.05) is 17.5 Å². The summed E-state index contributed by atoms with van der Waals surface area (Å²) in [5.74, 6) is 2.33. The Labute approximate surface area is 227 Å². The highest BCUT2D eigenvalue weighted by Gasteiger charge is 2.34. The molecule has 0 saturated carbocycles. The fourth-order valence-corrected chi connectivity index (χ4v) is 6.13. The van der Waals surface area contributed by atoms with E-state index >= 15 is 0 Å². The standard InChI is InChI=1S/C31H27NO6S/c1-21-8-14-25(15-9-21)39(33,34)32(19-22-6-4-3-5-7-22)31-17-26(23-10-12-24(35-2)13-11-23)27-16-29-30(37-20-36-29)18-28(27)38-31/h3-18,26H,19-20H2,1-2H3/t26-/m0/s1. The van der Waals surface area contributed by atoms with Crippen LogP contribution < -0.4 is 18.9 Å². The van der Waals surface area contributed by atoms with Crippen LogP contribution in [0.2, 0.25) is 0 Å². The summed E-state index contributed by atoms with van der Waals surface area (Å²) in [7, 11) is -2.36. The highest BCUT2D eigenvalue weighted by molar-refractivity contribution is 7.89. The number of hydrogen-bond donors (Lipinski definition) is 0. The van der Waals surface area contributed by atoms with E-state index in [1.807, 2.05) is 73.7 Å². The molecule has 0 radical (unpaired) electrons. The van der Waals surface area contributed by atoms with E-state index in [0.29, 0.717) is 17.2 Å². The van der Waals surface area contributed by atoms with E-state index < -0.39 is 10.0 Å². The summed E-state index contributed by atoms with van der Waals surface area (Å²) in [5.41, 5.74) is 3.60. The molecule has 0 fully saturated rings. The van der Waals surface area contributed by atoms with Crippen LogP contribution in [0, 0.1) is 6.92 Å². The minimum Gasteiger partial charge on any atom is -0.497 e. The lowest BCUT2D eigenvalue weighted by atomic mass is 9.89. The van der Waals surface area contributed by atoms with Gasteiger partial charge in [0.05, 0.1) is 18.6 Å². The lowest BCUT2D eigenvalue weighted by Gasteiger charge is -2.32. The molecule has 0 N–H and O–H groups in total. The molecule has 7 nitrogen and oxygen atoms in total. The summed E-state index contributed by atoms with van der Waals surface area (Å²) < 4.78 is 52.5. The van der Waals surface area contributed by atoms with Crippen molar-refractivity contribution in [3.8, 4) is 23.0 Å². The van der Waals surface area contributed by atoms with Gasteiger partial charge in [0.25, 0.3) is 10.0 Å². The van der Waals surface area contributed by atoms with Crippen molar-refractivity contribution < 1.29 is 27.4 Å². The van der Waals surface area contributed by atoms with Gasteiger partial charge in [-0.3, -0.25) is 0 Å². The van der Waals surface area contributed by atoms with Gasteiger partial charge in [-0.25, -0.2) is 12.7 Å². The molecule has 8 heteroatoms. The summed E-state index contributed by atoms with van der Waals surface area (Å²) in [4.78, 5) is 0.186. The lowest BCUT2D eigenvalue weighted by Crippen LogP contribution is -2.34. The number of allylic oxidation sites excluding steroid dienone is 1. The molecule has 0 aromatic heterocycles. The van der Waals surface area contributed by atoms with Crippen LogP contribution in [0.3, 0.4) is 0 Å². The van der Waals surface area contributed by atoms with E-state index in [9.17, 15) is 8.42 Å². The van der Waals surface area contributed by atoms with Crippen LogP contribution in [0.25, 0.3) is 0 Å². The molecular formula is C31H27NO6S. The van der Waals surface area contributed by atoms with Gasteiger partial charge in [0.1, 0.15) is 11.5 Å². The number of hydrogen-bond acceptors (Lipinski definition) is 6. The average molecular weight is 542 g/mol. The minimum absolute atomic E-state index is 0.0953. The number of benzene rings is 4. The van der Waals surface area contributed by atoms with Crippen LogP contribution in [0.5, 0.6) is 23.0 Å². The quantitative estimate of drug-likeness (QED) is 0.286. The van der Waals surface area contributed by atoms with E-state index in [2.05, 4.69) is 0 Å². The van der Waals surface area contributed by atoms with Gasteiger partial charge in [-0.1, -0.05) is 60.2 Å². The number of methoxy groups -OCH3 is 1. The largest absolute Gasteiger partial charge is 0.497 e. The monoisotopic (exact) mass is 541 g/mol. The second-order valence-electron chi connectivity index (χ2n) is 9.41. The third-order valence-electron chi connectivity index (χ3n) is 6.86. The molecule has 198 valence electrons. The minimum atomic E-state index is -3.98. The van der Waals surface area contributed by atoms with Gasteiger partial charge in [0.15, 0.2) is 11.5 Å². The normalized spacial score (nSPS) is 15.6. The molecule has 0 saturated heterocycles. The molecule has 0 aliphatic carbocycles. The van der Waals surface area contributed by atoms with Crippen molar-refractivity contribution in [2.24, 2.45) is 0 Å². The molecule has 0 unspecified atom stereocenters. The molecule has 0 amide bonds. The Kier molecular flexibility index (Phi) is 6.40. The van der Waals surface area contributed by atoms with E-state index in [4.69, 9.17) is 18.9 Å². The van der Waals surface area contributed by atoms with Crippen LogP contribution in [-0.4, -0.2) is 26.6 Å². The smallest absolute Gasteiger partial charge is 0.266 e. The third-order valence-corrected chi connectivity index (χ3v) is 8.62. The maximum absolute atomic E-state index is 14.1. The highest BCUT2D eigenvalue weighted by atomic mass is 32.2. The zero-order chi connectivity index (χ0) is 27.0. The SMILES string of the molecule is COc1ccc([C@@H]2C=C(N(Cc3ccccc3)S(=O)(=O)c3ccc(C)cc3)Oc3cc4c(cc32)OCO4)cc1. The van der Waals surface area contributed by atoms with Crippen LogP contribution in [0.15, 0.2) is 108 Å². The van der Waals surface area contributed by atoms with Gasteiger partial charge >= 0.3 is 0 Å². The van der Waals surface area contributed by atoms with Crippen LogP contribution in [0.4, 0.5) is 0 Å². The van der Waals surface area contributed by atoms with Crippen molar-refractivity contribution in [2.45, 2.75) is 24.3 Å². The molecule has 0 spiro atoms. The Morgan fingerprint density at radius 2 is 1.56 bits per heavy atom. The molecule has 4 aromatic rings. The van der Waals surface area contributed by atoms with Crippen LogP contribution in [-0.2, 0) is 16.6 Å². The number of nitrogens with zero attached hydrogens (tertiary/aromatic N) is 1. The first kappa shape index (κ1) is 24.9. The molecule has 1 atom stereocenters. The second-order valence-corrected chi connectivity index (χ2v) is 11.3. The van der Waals surface area contributed by atoms with Gasteiger partial charge < -0.3 is 18.9 Å². The Bertz CT molecular complexity index is 1630. The van der Waals surface area contributed by atoms with Crippen LogP contribution in [0.1, 0.15) is 28.2 Å². The van der Waals surface area contributed by atoms with Gasteiger partial charge in [-0.2, -0.15) is 0 Å². The van der Waals surface area contributed by atoms with Gasteiger partial charge in [0.2, 0.25) is 12.7 Å². The van der Waals surface area contributed by atoms with E-state index in [0.717, 1.165) is 28.0 Å². The van der Waals surface area contributed by atoms with Crippen molar-refractivity contribution in [3.05, 3.63) is 125 Å². The molecule has 0 bridgehead atoms. The Morgan fingerprint density at radius 3 is 2.26 bits per heavy atom. The highest BCUT2D eigenvalue weighted by Crippen LogP contribution is 2.47. The summed E-state index contributed by atoms with van der Waals surface area (Å²) in [5, 5.41) is 0. The van der Waals surface area contributed by atoms with Crippen LogP contribution >= 0.6 is 0 Å². The summed E-state index contributed by atoms with van der Waals surface area (Å²) >= 11 is 0. The predicted octanol–water partition coefficient (Wildman–Crippen LogP) is 5.99. The fourth-order valence-electron chi connectivity index (χ4n) is 4.74. The number of rotatable bonds is 7. The van der Waals surface area contributed by atoms with Crippen molar-refractivity contribution in [1.82, 2.24) is 4.31 Å². The second kappa shape index (κ2) is 10.0. The Morgan fingerprint density at radius 1 is 0.872 bits per heavy atom. The molecule has 2 heterocycles. The van der Waals surface area contributed by atoms with Gasteiger partial charge in [-0.15, -0.1) is 0 Å². The van der Waals surface area contributed by atoms with E-state index in [1.54, 1.807) is 37.4 Å². The molecular weight excluding hydrogens is 514 g/mol. The molecule has 39 heavy (non-hydrogen) atoms. The fraction of sp³-hybridized carbons (Fsp3) is 0.161. The lowest BCUT2D eigenvalue weighted by molar-refractivity contribution is 0.174. The molecule has 2 aliphatic heterocycles. The third kappa shape index (κ3) is 4.79. The number of sulfonamides is 1. The first-order valence-corrected chi connectivity index (χ1v) is 14.0. The average Bonchev–Trinajstić information content (AvgIpc) is 3.42. The Hall–Kier alpha value is -4.43. The summed E-state index contributed by atoms with van der Waals surface area (Å²) in [6, 6.07) is 27.7. The van der Waals surface area contributed by atoms with Gasteiger partial charge in [-0.05, 0) is 54.5 Å². The number of aryl methyl sites for hydroxylation is 1. The van der Waals surface area contributed by atoms with E-state index in [-0.39, 0.29) is 30.0 Å². The Balaban J connectivity index is 1.50. The number of ether oxygens (including phenoxy) is 4. The van der Waals surface area contributed by atoms with Crippen molar-refractivity contribution >= 4 is 10.0 Å². The van der Waals surface area contributed by atoms with E-state index in [1.165, 1.54) is 4.31 Å². The first-order valence-electron chi connectivity index (χ1n) is 12.5. The zero-order valence-corrected chi connectivity index (χ0v) is 22.4. The molecule has 2 aliphatic rings. The van der Waals surface area contributed by atoms with Crippen molar-refractivity contribution in [3.63, 3.8) is 0 Å². The maximum Gasteiger partial charge on any atom is 0.266 e. The number of fused-ring (bicyclic) bond motifs is 2. The van der Waals surface area contributed by atoms with Crippen molar-refractivity contribution in [1.29, 1.82) is 0 Å². The molecule has 4 aromatic carbocycles. The maximum atomic E-state index is 14.1. The summed E-state index contributed by atoms with van der Waals surface area (Å²) in [6.07, 6.45) is 1.85. The predicted molar refractivity (Wildman–Crippen MR) is 146 cm³/mol. The first-order chi connectivity index (χ1) is 18.9. The molecule has 6 rings (SSSR count). The van der Waals surface area contributed by atoms with Crippen molar-refractivity contribution in [2.75, 3.05) is 13.9 Å².